The van der Waals surface area contributed by atoms with Crippen LogP contribution in [0.3, 0.4) is 0 Å². The average Bonchev–Trinajstić information content (AvgIpc) is 3.48. The maximum Gasteiger partial charge on any atom is 0.255 e. The predicted octanol–water partition coefficient (Wildman–Crippen LogP) is 6.18. The van der Waals surface area contributed by atoms with Gasteiger partial charge in [-0.3, -0.25) is 4.79 Å². The monoisotopic (exact) mass is 487 g/mol. The van der Waals surface area contributed by atoms with Crippen molar-refractivity contribution in [2.45, 2.75) is 37.7 Å². The number of aryl methyl sites for hydroxylation is 2. The lowest BCUT2D eigenvalue weighted by Crippen LogP contribution is -2.31. The van der Waals surface area contributed by atoms with E-state index in [0.29, 0.717) is 16.7 Å². The number of nitrogens with zero attached hydrogens (tertiary/aromatic N) is 3. The minimum atomic E-state index is -0.346. The van der Waals surface area contributed by atoms with Crippen molar-refractivity contribution in [2.24, 2.45) is 0 Å². The maximum absolute atomic E-state index is 13.5. The standard InChI is InChI=1S/C26H25N5OS2/c1-16-8-6-10-19(14-16)15-34-26-29-25-27-18(3)22(23(31(25)30-26)21-12-7-13-33-21)24(32)28-20-11-5-4-9-17(20)2/h4-14,23H,15H2,1-3H3,(H,28,32)(H,27,29,30)/t23-/m1/s1. The SMILES string of the molecule is CC1=C(C(=O)Nc2ccccc2C)[C@@H](c2cccs2)n2nc(SCc3cccc(C)c3)nc2N1. The van der Waals surface area contributed by atoms with Crippen LogP contribution in [0.25, 0.3) is 0 Å². The molecule has 2 aromatic carbocycles. The third-order valence-electron chi connectivity index (χ3n) is 5.73. The Balaban J connectivity index is 1.46. The lowest BCUT2D eigenvalue weighted by atomic mass is 10.0. The van der Waals surface area contributed by atoms with Crippen molar-refractivity contribution in [3.8, 4) is 0 Å². The van der Waals surface area contributed by atoms with Gasteiger partial charge in [0.2, 0.25) is 11.1 Å². The first kappa shape index (κ1) is 22.4. The minimum Gasteiger partial charge on any atom is -0.328 e. The Labute approximate surface area is 207 Å². The van der Waals surface area contributed by atoms with Crippen LogP contribution in [-0.4, -0.2) is 20.7 Å². The molecule has 3 heterocycles. The molecule has 1 aliphatic rings. The van der Waals surface area contributed by atoms with Crippen LogP contribution in [0.1, 0.15) is 34.5 Å². The first-order valence-corrected chi connectivity index (χ1v) is 12.9. The first-order chi connectivity index (χ1) is 16.5. The fourth-order valence-corrected chi connectivity index (χ4v) is 5.64. The van der Waals surface area contributed by atoms with Crippen LogP contribution < -0.4 is 10.6 Å². The number of amides is 1. The van der Waals surface area contributed by atoms with Crippen molar-refractivity contribution in [2.75, 3.05) is 10.6 Å². The summed E-state index contributed by atoms with van der Waals surface area (Å²) < 4.78 is 1.84. The van der Waals surface area contributed by atoms with Gasteiger partial charge in [-0.15, -0.1) is 16.4 Å². The summed E-state index contributed by atoms with van der Waals surface area (Å²) >= 11 is 3.20. The van der Waals surface area contributed by atoms with E-state index in [4.69, 9.17) is 10.1 Å². The summed E-state index contributed by atoms with van der Waals surface area (Å²) in [7, 11) is 0. The lowest BCUT2D eigenvalue weighted by Gasteiger charge is -2.27. The summed E-state index contributed by atoms with van der Waals surface area (Å²) in [5.41, 5.74) is 5.70. The van der Waals surface area contributed by atoms with Gasteiger partial charge in [-0.05, 0) is 49.4 Å². The average molecular weight is 488 g/mol. The van der Waals surface area contributed by atoms with E-state index < -0.39 is 0 Å². The molecule has 0 spiro atoms. The fraction of sp³-hybridized carbons (Fsp3) is 0.192. The zero-order chi connectivity index (χ0) is 23.7. The number of thiophene rings is 1. The molecule has 1 atom stereocenters. The molecule has 5 rings (SSSR count). The first-order valence-electron chi connectivity index (χ1n) is 11.0. The number of allylic oxidation sites excluding steroid dienone is 1. The molecule has 0 radical (unpaired) electrons. The van der Waals surface area contributed by atoms with E-state index in [1.807, 2.05) is 60.3 Å². The van der Waals surface area contributed by atoms with Crippen LogP contribution >= 0.6 is 23.1 Å². The van der Waals surface area contributed by atoms with Gasteiger partial charge in [0.05, 0.1) is 5.57 Å². The van der Waals surface area contributed by atoms with Crippen LogP contribution in [0.5, 0.6) is 0 Å². The zero-order valence-electron chi connectivity index (χ0n) is 19.2. The molecule has 2 N–H and O–H groups in total. The number of hydrogen-bond acceptors (Lipinski definition) is 6. The Morgan fingerprint density at radius 1 is 1.12 bits per heavy atom. The van der Waals surface area contributed by atoms with E-state index in [2.05, 4.69) is 41.8 Å². The number of carbonyl (C=O) groups is 1. The highest BCUT2D eigenvalue weighted by Crippen LogP contribution is 2.38. The van der Waals surface area contributed by atoms with Crippen LogP contribution in [0.4, 0.5) is 11.6 Å². The number of carbonyl (C=O) groups excluding carboxylic acids is 1. The van der Waals surface area contributed by atoms with Crippen molar-refractivity contribution in [3.63, 3.8) is 0 Å². The van der Waals surface area contributed by atoms with Gasteiger partial charge in [0, 0.05) is 22.0 Å². The van der Waals surface area contributed by atoms with Gasteiger partial charge in [-0.2, -0.15) is 4.98 Å². The zero-order valence-corrected chi connectivity index (χ0v) is 20.8. The molecular formula is C26H25N5OS2. The van der Waals surface area contributed by atoms with Crippen LogP contribution in [0, 0.1) is 13.8 Å². The Morgan fingerprint density at radius 3 is 2.74 bits per heavy atom. The van der Waals surface area contributed by atoms with Crippen molar-refractivity contribution in [1.29, 1.82) is 0 Å². The van der Waals surface area contributed by atoms with Gasteiger partial charge in [-0.25, -0.2) is 4.68 Å². The van der Waals surface area contributed by atoms with E-state index in [9.17, 15) is 4.79 Å². The molecule has 1 amide bonds. The number of fused-ring (bicyclic) bond motifs is 1. The van der Waals surface area contributed by atoms with Gasteiger partial charge in [-0.1, -0.05) is 65.9 Å². The summed E-state index contributed by atoms with van der Waals surface area (Å²) in [6, 6.07) is 19.9. The Hall–Kier alpha value is -3.36. The number of hydrogen-bond donors (Lipinski definition) is 2. The van der Waals surface area contributed by atoms with Crippen molar-refractivity contribution < 1.29 is 4.79 Å². The van der Waals surface area contributed by atoms with Crippen LogP contribution in [-0.2, 0) is 10.5 Å². The summed E-state index contributed by atoms with van der Waals surface area (Å²) in [6.45, 7) is 6.00. The number of anilines is 2. The predicted molar refractivity (Wildman–Crippen MR) is 139 cm³/mol. The van der Waals surface area contributed by atoms with Gasteiger partial charge in [0.25, 0.3) is 5.91 Å². The highest BCUT2D eigenvalue weighted by atomic mass is 32.2. The third-order valence-corrected chi connectivity index (χ3v) is 7.57. The van der Waals surface area contributed by atoms with Crippen molar-refractivity contribution >= 4 is 40.6 Å². The molecular weight excluding hydrogens is 462 g/mol. The third kappa shape index (κ3) is 4.51. The van der Waals surface area contributed by atoms with E-state index >= 15 is 0 Å². The molecule has 0 fully saturated rings. The van der Waals surface area contributed by atoms with Crippen molar-refractivity contribution in [1.82, 2.24) is 14.8 Å². The number of benzene rings is 2. The van der Waals surface area contributed by atoms with E-state index in [-0.39, 0.29) is 11.9 Å². The number of para-hydroxylation sites is 1. The van der Waals surface area contributed by atoms with Crippen LogP contribution in [0.15, 0.2) is 82.5 Å². The summed E-state index contributed by atoms with van der Waals surface area (Å²) in [4.78, 5) is 19.3. The molecule has 1 aliphatic heterocycles. The Kier molecular flexibility index (Phi) is 6.26. The fourth-order valence-electron chi connectivity index (χ4n) is 4.05. The molecule has 2 aromatic heterocycles. The molecule has 172 valence electrons. The topological polar surface area (TPSA) is 71.8 Å². The summed E-state index contributed by atoms with van der Waals surface area (Å²) in [5.74, 6) is 1.28. The highest BCUT2D eigenvalue weighted by molar-refractivity contribution is 7.98. The lowest BCUT2D eigenvalue weighted by molar-refractivity contribution is -0.113. The van der Waals surface area contributed by atoms with Gasteiger partial charge >= 0.3 is 0 Å². The molecule has 6 nitrogen and oxygen atoms in total. The van der Waals surface area contributed by atoms with E-state index in [1.165, 1.54) is 11.1 Å². The molecule has 4 aromatic rings. The molecule has 0 saturated heterocycles. The molecule has 0 bridgehead atoms. The number of nitrogens with one attached hydrogen (secondary N) is 2. The highest BCUT2D eigenvalue weighted by Gasteiger charge is 2.35. The van der Waals surface area contributed by atoms with Gasteiger partial charge in [0.15, 0.2) is 0 Å². The second-order valence-corrected chi connectivity index (χ2v) is 10.2. The molecule has 34 heavy (non-hydrogen) atoms. The van der Waals surface area contributed by atoms with E-state index in [1.54, 1.807) is 23.1 Å². The van der Waals surface area contributed by atoms with Crippen LogP contribution in [0.2, 0.25) is 0 Å². The normalized spacial score (nSPS) is 15.1. The van der Waals surface area contributed by atoms with Gasteiger partial charge < -0.3 is 10.6 Å². The quantitative estimate of drug-likeness (QED) is 0.318. The minimum absolute atomic E-state index is 0.146. The molecule has 0 saturated carbocycles. The van der Waals surface area contributed by atoms with E-state index in [0.717, 1.165) is 27.6 Å². The summed E-state index contributed by atoms with van der Waals surface area (Å²) in [6.07, 6.45) is 0. The second kappa shape index (κ2) is 9.48. The maximum atomic E-state index is 13.5. The Bertz CT molecular complexity index is 1370. The van der Waals surface area contributed by atoms with Gasteiger partial charge in [0.1, 0.15) is 6.04 Å². The number of rotatable bonds is 6. The number of aromatic nitrogens is 3. The molecule has 8 heteroatoms. The largest absolute Gasteiger partial charge is 0.328 e. The Morgan fingerprint density at radius 2 is 1.97 bits per heavy atom. The number of thioether (sulfide) groups is 1. The van der Waals surface area contributed by atoms with Crippen molar-refractivity contribution in [3.05, 3.63) is 98.9 Å². The summed E-state index contributed by atoms with van der Waals surface area (Å²) in [5, 5.41) is 13.9. The molecule has 0 aliphatic carbocycles. The second-order valence-electron chi connectivity index (χ2n) is 8.29. The molecule has 0 unspecified atom stereocenters. The smallest absolute Gasteiger partial charge is 0.255 e.